The minimum absolute atomic E-state index is 0.198. The van der Waals surface area contributed by atoms with Crippen molar-refractivity contribution in [3.8, 4) is 16.9 Å². The number of anilines is 1. The van der Waals surface area contributed by atoms with E-state index in [-0.39, 0.29) is 11.6 Å². The van der Waals surface area contributed by atoms with Gasteiger partial charge in [-0.05, 0) is 55.5 Å². The fourth-order valence-corrected chi connectivity index (χ4v) is 4.18. The SMILES string of the molecule is CC(OC(=O)Nc1c(F)cnn1-c1ccc(-c2ccc(C3CC3)c(F)c2)nc1)c1ccccc1Cl. The highest BCUT2D eigenvalue weighted by Gasteiger charge is 2.26. The lowest BCUT2D eigenvalue weighted by Crippen LogP contribution is -2.19. The maximum absolute atomic E-state index is 14.4. The van der Waals surface area contributed by atoms with E-state index in [4.69, 9.17) is 16.3 Å². The Labute approximate surface area is 205 Å². The third-order valence-corrected chi connectivity index (χ3v) is 6.22. The van der Waals surface area contributed by atoms with Gasteiger partial charge in [0.15, 0.2) is 11.6 Å². The summed E-state index contributed by atoms with van der Waals surface area (Å²) in [5.41, 5.74) is 2.97. The van der Waals surface area contributed by atoms with Crippen molar-refractivity contribution >= 4 is 23.5 Å². The molecule has 1 saturated carbocycles. The van der Waals surface area contributed by atoms with E-state index in [0.29, 0.717) is 33.4 Å². The maximum atomic E-state index is 14.4. The Bertz CT molecular complexity index is 1390. The Kier molecular flexibility index (Phi) is 6.21. The Morgan fingerprint density at radius 3 is 2.60 bits per heavy atom. The summed E-state index contributed by atoms with van der Waals surface area (Å²) in [6.45, 7) is 1.66. The van der Waals surface area contributed by atoms with E-state index >= 15 is 0 Å². The summed E-state index contributed by atoms with van der Waals surface area (Å²) in [6, 6.07) is 15.4. The van der Waals surface area contributed by atoms with E-state index in [9.17, 15) is 13.6 Å². The van der Waals surface area contributed by atoms with Crippen LogP contribution in [0, 0.1) is 11.6 Å². The first kappa shape index (κ1) is 23.0. The predicted octanol–water partition coefficient (Wildman–Crippen LogP) is 7.05. The van der Waals surface area contributed by atoms with E-state index < -0.39 is 18.0 Å². The minimum atomic E-state index is -0.867. The quantitative estimate of drug-likeness (QED) is 0.312. The van der Waals surface area contributed by atoms with E-state index in [1.807, 2.05) is 6.07 Å². The predicted molar refractivity (Wildman–Crippen MR) is 129 cm³/mol. The van der Waals surface area contributed by atoms with Gasteiger partial charge in [-0.15, -0.1) is 0 Å². The van der Waals surface area contributed by atoms with Crippen LogP contribution in [0.5, 0.6) is 0 Å². The van der Waals surface area contributed by atoms with Gasteiger partial charge >= 0.3 is 6.09 Å². The molecule has 6 nitrogen and oxygen atoms in total. The summed E-state index contributed by atoms with van der Waals surface area (Å²) < 4.78 is 35.4. The molecule has 35 heavy (non-hydrogen) atoms. The number of halogens is 3. The molecule has 2 heterocycles. The Morgan fingerprint density at radius 1 is 1.11 bits per heavy atom. The highest BCUT2D eigenvalue weighted by atomic mass is 35.5. The molecule has 4 aromatic rings. The van der Waals surface area contributed by atoms with Crippen LogP contribution in [0.25, 0.3) is 16.9 Å². The lowest BCUT2D eigenvalue weighted by atomic mass is 10.0. The van der Waals surface area contributed by atoms with Crippen LogP contribution in [0.15, 0.2) is 67.0 Å². The summed E-state index contributed by atoms with van der Waals surface area (Å²) >= 11 is 6.15. The summed E-state index contributed by atoms with van der Waals surface area (Å²) in [7, 11) is 0. The maximum Gasteiger partial charge on any atom is 0.413 e. The molecule has 0 radical (unpaired) electrons. The lowest BCUT2D eigenvalue weighted by Gasteiger charge is -2.16. The van der Waals surface area contributed by atoms with Crippen LogP contribution in [0.4, 0.5) is 19.4 Å². The molecule has 1 amide bonds. The van der Waals surface area contributed by atoms with Crippen molar-refractivity contribution in [2.24, 2.45) is 0 Å². The molecule has 1 N–H and O–H groups in total. The molecule has 0 aliphatic heterocycles. The monoisotopic (exact) mass is 494 g/mol. The smallest absolute Gasteiger partial charge is 0.413 e. The number of amides is 1. The molecule has 2 aromatic carbocycles. The van der Waals surface area contributed by atoms with Crippen LogP contribution in [0.2, 0.25) is 5.02 Å². The Balaban J connectivity index is 1.32. The first-order valence-corrected chi connectivity index (χ1v) is 11.5. The van der Waals surface area contributed by atoms with Crippen LogP contribution in [-0.2, 0) is 4.74 Å². The number of carbonyl (C=O) groups is 1. The van der Waals surface area contributed by atoms with Gasteiger partial charge < -0.3 is 4.74 Å². The molecule has 1 atom stereocenters. The van der Waals surface area contributed by atoms with Crippen molar-refractivity contribution in [3.63, 3.8) is 0 Å². The zero-order valence-electron chi connectivity index (χ0n) is 18.7. The average Bonchev–Trinajstić information content (AvgIpc) is 3.63. The molecule has 2 aromatic heterocycles. The lowest BCUT2D eigenvalue weighted by molar-refractivity contribution is 0.121. The highest BCUT2D eigenvalue weighted by Crippen LogP contribution is 2.41. The van der Waals surface area contributed by atoms with Crippen molar-refractivity contribution in [3.05, 3.63) is 94.8 Å². The van der Waals surface area contributed by atoms with Crippen LogP contribution in [-0.4, -0.2) is 20.9 Å². The van der Waals surface area contributed by atoms with E-state index in [1.54, 1.807) is 49.4 Å². The number of hydrogen-bond donors (Lipinski definition) is 1. The zero-order chi connectivity index (χ0) is 24.5. The molecule has 1 fully saturated rings. The van der Waals surface area contributed by atoms with Gasteiger partial charge in [0, 0.05) is 16.1 Å². The molecule has 5 rings (SSSR count). The van der Waals surface area contributed by atoms with Crippen molar-refractivity contribution in [2.75, 3.05) is 5.32 Å². The summed E-state index contributed by atoms with van der Waals surface area (Å²) in [4.78, 5) is 16.8. The van der Waals surface area contributed by atoms with Crippen molar-refractivity contribution < 1.29 is 18.3 Å². The first-order valence-electron chi connectivity index (χ1n) is 11.1. The second-order valence-electron chi connectivity index (χ2n) is 8.36. The average molecular weight is 495 g/mol. The van der Waals surface area contributed by atoms with Gasteiger partial charge in [0.2, 0.25) is 0 Å². The topological polar surface area (TPSA) is 69.0 Å². The second kappa shape index (κ2) is 9.46. The van der Waals surface area contributed by atoms with E-state index in [2.05, 4.69) is 15.4 Å². The van der Waals surface area contributed by atoms with E-state index in [0.717, 1.165) is 24.6 Å². The summed E-state index contributed by atoms with van der Waals surface area (Å²) in [6.07, 6.45) is 2.97. The molecule has 1 unspecified atom stereocenters. The first-order chi connectivity index (χ1) is 16.9. The fourth-order valence-electron chi connectivity index (χ4n) is 3.89. The molecule has 1 aliphatic carbocycles. The van der Waals surface area contributed by atoms with Crippen molar-refractivity contribution in [1.82, 2.24) is 14.8 Å². The number of pyridine rings is 1. The minimum Gasteiger partial charge on any atom is -0.441 e. The number of ether oxygens (including phenoxy) is 1. The standard InChI is InChI=1S/C26H21ClF2N4O2/c1-15(19-4-2-3-5-21(19)27)35-26(34)32-25-23(29)14-31-33(25)18-9-11-24(30-13-18)17-8-10-20(16-6-7-16)22(28)12-17/h2-5,8-16H,6-7H2,1H3,(H,32,34). The molecule has 178 valence electrons. The van der Waals surface area contributed by atoms with Gasteiger partial charge in [-0.3, -0.25) is 10.3 Å². The van der Waals surface area contributed by atoms with Crippen LogP contribution >= 0.6 is 11.6 Å². The molecule has 1 aliphatic rings. The number of rotatable bonds is 6. The third kappa shape index (κ3) is 4.88. The van der Waals surface area contributed by atoms with Gasteiger partial charge in [-0.1, -0.05) is 41.9 Å². The van der Waals surface area contributed by atoms with Gasteiger partial charge in [0.25, 0.3) is 0 Å². The number of benzene rings is 2. The number of nitrogens with zero attached hydrogens (tertiary/aromatic N) is 3. The summed E-state index contributed by atoms with van der Waals surface area (Å²) in [5.74, 6) is -0.856. The number of hydrogen-bond acceptors (Lipinski definition) is 4. The molecular formula is C26H21ClF2N4O2. The van der Waals surface area contributed by atoms with Crippen LogP contribution in [0.1, 0.15) is 42.9 Å². The zero-order valence-corrected chi connectivity index (χ0v) is 19.5. The fraction of sp³-hybridized carbons (Fsp3) is 0.192. The van der Waals surface area contributed by atoms with Crippen LogP contribution < -0.4 is 5.32 Å². The summed E-state index contributed by atoms with van der Waals surface area (Å²) in [5, 5.41) is 6.85. The highest BCUT2D eigenvalue weighted by molar-refractivity contribution is 6.31. The number of aromatic nitrogens is 3. The van der Waals surface area contributed by atoms with Gasteiger partial charge in [-0.2, -0.15) is 5.10 Å². The molecule has 0 spiro atoms. The molecular weight excluding hydrogens is 474 g/mol. The molecule has 0 bridgehead atoms. The third-order valence-electron chi connectivity index (χ3n) is 5.88. The van der Waals surface area contributed by atoms with E-state index in [1.165, 1.54) is 16.9 Å². The van der Waals surface area contributed by atoms with Gasteiger partial charge in [-0.25, -0.2) is 18.3 Å². The second-order valence-corrected chi connectivity index (χ2v) is 8.77. The largest absolute Gasteiger partial charge is 0.441 e. The molecule has 9 heteroatoms. The number of nitrogens with one attached hydrogen (secondary N) is 1. The van der Waals surface area contributed by atoms with Gasteiger partial charge in [0.05, 0.1) is 23.8 Å². The Hall–Kier alpha value is -3.78. The van der Waals surface area contributed by atoms with Crippen LogP contribution in [0.3, 0.4) is 0 Å². The van der Waals surface area contributed by atoms with Crippen molar-refractivity contribution in [1.29, 1.82) is 0 Å². The van der Waals surface area contributed by atoms with Crippen molar-refractivity contribution in [2.45, 2.75) is 31.8 Å². The number of carbonyl (C=O) groups excluding carboxylic acids is 1. The molecule has 0 saturated heterocycles. The van der Waals surface area contributed by atoms with Gasteiger partial charge in [0.1, 0.15) is 11.9 Å². The Morgan fingerprint density at radius 2 is 1.91 bits per heavy atom. The normalized spacial score (nSPS) is 13.9.